The first kappa shape index (κ1) is 21.6. The quantitative estimate of drug-likeness (QED) is 0.576. The lowest BCUT2D eigenvalue weighted by molar-refractivity contribution is -0.142. The average molecular weight is 451 g/mol. The lowest BCUT2D eigenvalue weighted by Crippen LogP contribution is -2.16. The van der Waals surface area contributed by atoms with Gasteiger partial charge in [-0.3, -0.25) is 4.79 Å². The van der Waals surface area contributed by atoms with E-state index in [4.69, 9.17) is 16.3 Å². The minimum absolute atomic E-state index is 0.0305. The van der Waals surface area contributed by atoms with E-state index in [-0.39, 0.29) is 33.6 Å². The molecule has 0 fully saturated rings. The molecule has 3 aromatic rings. The lowest BCUT2D eigenvalue weighted by atomic mass is 10.2. The topological polar surface area (TPSA) is 77.8 Å². The van der Waals surface area contributed by atoms with Crippen LogP contribution in [0.3, 0.4) is 0 Å². The molecule has 3 rings (SSSR count). The largest absolute Gasteiger partial charge is 0.493 e. The summed E-state index contributed by atoms with van der Waals surface area (Å²) in [5, 5.41) is 5.62. The van der Waals surface area contributed by atoms with Crippen LogP contribution in [0.1, 0.15) is 21.9 Å². The number of aromatic nitrogens is 3. The average Bonchev–Trinajstić information content (AvgIpc) is 2.98. The van der Waals surface area contributed by atoms with E-state index >= 15 is 0 Å². The van der Waals surface area contributed by atoms with E-state index in [1.165, 1.54) is 26.2 Å². The smallest absolute Gasteiger partial charge is 0.433 e. The summed E-state index contributed by atoms with van der Waals surface area (Å²) in [5.74, 6) is -1.32. The highest BCUT2D eigenvalue weighted by Gasteiger charge is 2.36. The van der Waals surface area contributed by atoms with Gasteiger partial charge in [0.15, 0.2) is 22.8 Å². The fourth-order valence-corrected chi connectivity index (χ4v) is 2.83. The molecule has 1 amide bonds. The van der Waals surface area contributed by atoms with Crippen LogP contribution in [0.5, 0.6) is 11.5 Å². The van der Waals surface area contributed by atoms with E-state index in [0.717, 1.165) is 12.1 Å². The van der Waals surface area contributed by atoms with E-state index in [1.807, 2.05) is 0 Å². The predicted molar refractivity (Wildman–Crippen MR) is 95.3 cm³/mol. The second kappa shape index (κ2) is 7.94. The zero-order chi connectivity index (χ0) is 22.2. The summed E-state index contributed by atoms with van der Waals surface area (Å²) in [6, 6.07) is 4.30. The van der Waals surface area contributed by atoms with Crippen LogP contribution < -0.4 is 14.8 Å². The molecule has 2 heterocycles. The summed E-state index contributed by atoms with van der Waals surface area (Å²) < 4.78 is 74.3. The van der Waals surface area contributed by atoms with E-state index in [2.05, 4.69) is 20.1 Å². The fraction of sp³-hybridized carbons (Fsp3) is 0.235. The number of nitrogens with zero attached hydrogens (tertiary/aromatic N) is 3. The van der Waals surface area contributed by atoms with Crippen LogP contribution in [0.25, 0.3) is 5.65 Å². The third-order valence-corrected chi connectivity index (χ3v) is 4.15. The summed E-state index contributed by atoms with van der Waals surface area (Å²) in [5.41, 5.74) is -1.89. The SMILES string of the molecule is COc1cc(NC(=O)c2nn3c(C(F)(F)F)cc(C)nc3c2Cl)ccc1OC(F)F. The third-order valence-electron chi connectivity index (χ3n) is 3.80. The van der Waals surface area contributed by atoms with Gasteiger partial charge in [-0.2, -0.15) is 27.1 Å². The van der Waals surface area contributed by atoms with Crippen molar-refractivity contribution >= 4 is 28.8 Å². The van der Waals surface area contributed by atoms with Gasteiger partial charge in [0.1, 0.15) is 10.7 Å². The normalized spacial score (nSPS) is 11.8. The van der Waals surface area contributed by atoms with Gasteiger partial charge in [0, 0.05) is 17.4 Å². The van der Waals surface area contributed by atoms with Crippen molar-refractivity contribution in [2.75, 3.05) is 12.4 Å². The molecule has 0 unspecified atom stereocenters. The maximum absolute atomic E-state index is 13.3. The molecule has 0 aliphatic carbocycles. The zero-order valence-electron chi connectivity index (χ0n) is 15.2. The number of carbonyl (C=O) groups is 1. The number of benzene rings is 1. The standard InChI is InChI=1S/C17H12ClF5N4O3/c1-7-5-11(17(21,22)23)27-14(24-7)12(18)13(26-27)15(28)25-8-3-4-9(30-16(19)20)10(6-8)29-2/h3-6,16H,1-2H3,(H,25,28). The van der Waals surface area contributed by atoms with Gasteiger partial charge in [-0.25, -0.2) is 9.50 Å². The highest BCUT2D eigenvalue weighted by Crippen LogP contribution is 2.34. The van der Waals surface area contributed by atoms with E-state index in [1.54, 1.807) is 0 Å². The Hall–Kier alpha value is -3.15. The molecule has 2 aromatic heterocycles. The summed E-state index contributed by atoms with van der Waals surface area (Å²) in [4.78, 5) is 16.4. The Bertz CT molecular complexity index is 1120. The molecule has 0 radical (unpaired) electrons. The van der Waals surface area contributed by atoms with Crippen molar-refractivity contribution in [1.29, 1.82) is 0 Å². The molecule has 1 N–H and O–H groups in total. The van der Waals surface area contributed by atoms with Crippen LogP contribution in [0, 0.1) is 6.92 Å². The van der Waals surface area contributed by atoms with Crippen molar-refractivity contribution in [2.24, 2.45) is 0 Å². The minimum Gasteiger partial charge on any atom is -0.493 e. The number of hydrogen-bond acceptors (Lipinski definition) is 5. The Labute approximate surface area is 170 Å². The molecule has 1 aromatic carbocycles. The van der Waals surface area contributed by atoms with Crippen molar-refractivity contribution < 1.29 is 36.2 Å². The molecule has 0 bridgehead atoms. The Balaban J connectivity index is 1.97. The predicted octanol–water partition coefficient (Wildman–Crippen LogP) is 4.57. The first-order valence-corrected chi connectivity index (χ1v) is 8.46. The lowest BCUT2D eigenvalue weighted by Gasteiger charge is -2.11. The molecule has 7 nitrogen and oxygen atoms in total. The second-order valence-electron chi connectivity index (χ2n) is 5.88. The van der Waals surface area contributed by atoms with Gasteiger partial charge in [-0.15, -0.1) is 0 Å². The van der Waals surface area contributed by atoms with Crippen molar-refractivity contribution in [2.45, 2.75) is 19.7 Å². The molecular weight excluding hydrogens is 439 g/mol. The summed E-state index contributed by atoms with van der Waals surface area (Å²) in [6.07, 6.45) is -4.76. The van der Waals surface area contributed by atoms with Gasteiger partial charge in [0.05, 0.1) is 7.11 Å². The van der Waals surface area contributed by atoms with Gasteiger partial charge in [-0.1, -0.05) is 11.6 Å². The number of fused-ring (bicyclic) bond motifs is 1. The third kappa shape index (κ3) is 4.22. The van der Waals surface area contributed by atoms with Crippen LogP contribution in [-0.2, 0) is 6.18 Å². The number of methoxy groups -OCH3 is 1. The van der Waals surface area contributed by atoms with Gasteiger partial charge < -0.3 is 14.8 Å². The van der Waals surface area contributed by atoms with Crippen molar-refractivity contribution in [3.63, 3.8) is 0 Å². The molecular formula is C17H12ClF5N4O3. The van der Waals surface area contributed by atoms with Crippen LogP contribution in [0.2, 0.25) is 5.02 Å². The summed E-state index contributed by atoms with van der Waals surface area (Å²) in [7, 11) is 1.20. The number of hydrogen-bond donors (Lipinski definition) is 1. The Morgan fingerprint density at radius 1 is 1.23 bits per heavy atom. The number of alkyl halides is 5. The minimum atomic E-state index is -4.76. The number of anilines is 1. The number of nitrogens with one attached hydrogen (secondary N) is 1. The van der Waals surface area contributed by atoms with Gasteiger partial charge in [0.25, 0.3) is 5.91 Å². The summed E-state index contributed by atoms with van der Waals surface area (Å²) >= 11 is 6.05. The van der Waals surface area contributed by atoms with Crippen molar-refractivity contribution in [3.05, 3.63) is 46.4 Å². The molecule has 0 saturated carbocycles. The van der Waals surface area contributed by atoms with Gasteiger partial charge in [-0.05, 0) is 25.1 Å². The van der Waals surface area contributed by atoms with E-state index < -0.39 is 30.1 Å². The zero-order valence-corrected chi connectivity index (χ0v) is 16.0. The fourth-order valence-electron chi connectivity index (χ4n) is 2.59. The Morgan fingerprint density at radius 2 is 1.93 bits per heavy atom. The first-order valence-electron chi connectivity index (χ1n) is 8.08. The van der Waals surface area contributed by atoms with E-state index in [9.17, 15) is 26.7 Å². The second-order valence-corrected chi connectivity index (χ2v) is 6.25. The number of amides is 1. The van der Waals surface area contributed by atoms with Crippen LogP contribution in [0.4, 0.5) is 27.6 Å². The Kier molecular flexibility index (Phi) is 5.70. The highest BCUT2D eigenvalue weighted by atomic mass is 35.5. The monoisotopic (exact) mass is 450 g/mol. The summed E-state index contributed by atoms with van der Waals surface area (Å²) in [6.45, 7) is -1.75. The number of carbonyl (C=O) groups excluding carboxylic acids is 1. The van der Waals surface area contributed by atoms with Crippen molar-refractivity contribution in [1.82, 2.24) is 14.6 Å². The molecule has 160 valence electrons. The number of aryl methyl sites for hydroxylation is 1. The van der Waals surface area contributed by atoms with Crippen LogP contribution in [-0.4, -0.2) is 34.2 Å². The van der Waals surface area contributed by atoms with Crippen LogP contribution in [0.15, 0.2) is 24.3 Å². The number of ether oxygens (including phenoxy) is 2. The van der Waals surface area contributed by atoms with Gasteiger partial charge in [0.2, 0.25) is 0 Å². The molecule has 0 saturated heterocycles. The van der Waals surface area contributed by atoms with E-state index in [0.29, 0.717) is 4.52 Å². The molecule has 13 heteroatoms. The number of rotatable bonds is 5. The molecule has 0 atom stereocenters. The van der Waals surface area contributed by atoms with Gasteiger partial charge >= 0.3 is 12.8 Å². The number of halogens is 6. The molecule has 0 spiro atoms. The highest BCUT2D eigenvalue weighted by molar-refractivity contribution is 6.37. The van der Waals surface area contributed by atoms with Crippen molar-refractivity contribution in [3.8, 4) is 11.5 Å². The first-order chi connectivity index (χ1) is 14.0. The van der Waals surface area contributed by atoms with Crippen LogP contribution >= 0.6 is 11.6 Å². The maximum Gasteiger partial charge on any atom is 0.433 e. The maximum atomic E-state index is 13.3. The molecule has 30 heavy (non-hydrogen) atoms. The Morgan fingerprint density at radius 3 is 2.53 bits per heavy atom. The molecule has 0 aliphatic rings. The molecule has 0 aliphatic heterocycles.